The standard InChI is InChI=1S/C14H27N3O.2ClH/c1-12(10-15-2)14(18)17-9-5-6-13(11-17)16-7-3-4-8-16;;/h12-13,15H,3-11H2,1-2H3;2*1H. The molecule has 6 heteroatoms. The minimum Gasteiger partial charge on any atom is -0.341 e. The van der Waals surface area contributed by atoms with Gasteiger partial charge in [0.1, 0.15) is 0 Å². The molecule has 2 saturated heterocycles. The molecule has 1 amide bonds. The van der Waals surface area contributed by atoms with Crippen LogP contribution in [0, 0.1) is 5.92 Å². The summed E-state index contributed by atoms with van der Waals surface area (Å²) in [6, 6.07) is 0.618. The summed E-state index contributed by atoms with van der Waals surface area (Å²) in [6.45, 7) is 7.18. The Morgan fingerprint density at radius 1 is 1.20 bits per heavy atom. The highest BCUT2D eigenvalue weighted by Gasteiger charge is 2.30. The molecule has 0 saturated carbocycles. The number of nitrogens with one attached hydrogen (secondary N) is 1. The van der Waals surface area contributed by atoms with E-state index in [1.54, 1.807) is 0 Å². The van der Waals surface area contributed by atoms with Crippen molar-refractivity contribution in [2.45, 2.75) is 38.6 Å². The van der Waals surface area contributed by atoms with E-state index < -0.39 is 0 Å². The molecule has 2 aliphatic rings. The van der Waals surface area contributed by atoms with Gasteiger partial charge in [-0.1, -0.05) is 6.92 Å². The molecule has 0 aromatic rings. The van der Waals surface area contributed by atoms with Gasteiger partial charge in [0.15, 0.2) is 0 Å². The van der Waals surface area contributed by atoms with Crippen LogP contribution >= 0.6 is 24.8 Å². The number of carbonyl (C=O) groups is 1. The van der Waals surface area contributed by atoms with Crippen molar-refractivity contribution in [3.8, 4) is 0 Å². The quantitative estimate of drug-likeness (QED) is 0.855. The van der Waals surface area contributed by atoms with Crippen LogP contribution in [0.1, 0.15) is 32.6 Å². The van der Waals surface area contributed by atoms with E-state index in [-0.39, 0.29) is 30.7 Å². The van der Waals surface area contributed by atoms with E-state index in [2.05, 4.69) is 15.1 Å². The number of likely N-dealkylation sites (tertiary alicyclic amines) is 2. The number of amides is 1. The van der Waals surface area contributed by atoms with Gasteiger partial charge in [0.25, 0.3) is 0 Å². The van der Waals surface area contributed by atoms with E-state index in [1.165, 1.54) is 38.8 Å². The van der Waals surface area contributed by atoms with Crippen LogP contribution in [-0.2, 0) is 4.79 Å². The zero-order valence-electron chi connectivity index (χ0n) is 12.6. The van der Waals surface area contributed by atoms with Crippen molar-refractivity contribution in [3.63, 3.8) is 0 Å². The maximum Gasteiger partial charge on any atom is 0.226 e. The molecule has 2 fully saturated rings. The maximum atomic E-state index is 12.3. The molecule has 2 rings (SSSR count). The Balaban J connectivity index is 0.00000180. The van der Waals surface area contributed by atoms with Gasteiger partial charge in [-0.05, 0) is 45.8 Å². The fourth-order valence-electron chi connectivity index (χ4n) is 3.26. The Kier molecular flexibility index (Phi) is 9.81. The van der Waals surface area contributed by atoms with E-state index >= 15 is 0 Å². The van der Waals surface area contributed by atoms with Crippen molar-refractivity contribution in [1.82, 2.24) is 15.1 Å². The normalized spacial score (nSPS) is 24.7. The van der Waals surface area contributed by atoms with E-state index in [1.807, 2.05) is 14.0 Å². The van der Waals surface area contributed by atoms with Gasteiger partial charge in [-0.3, -0.25) is 9.69 Å². The lowest BCUT2D eigenvalue weighted by atomic mass is 10.0. The summed E-state index contributed by atoms with van der Waals surface area (Å²) in [5, 5.41) is 3.10. The molecule has 20 heavy (non-hydrogen) atoms. The predicted octanol–water partition coefficient (Wildman–Crippen LogP) is 1.77. The van der Waals surface area contributed by atoms with Crippen LogP contribution in [0.15, 0.2) is 0 Å². The number of halogens is 2. The Hall–Kier alpha value is -0.0300. The number of nitrogens with zero attached hydrogens (tertiary/aromatic N) is 2. The first-order chi connectivity index (χ1) is 8.72. The molecule has 1 N–H and O–H groups in total. The Morgan fingerprint density at radius 3 is 2.45 bits per heavy atom. The molecular weight excluding hydrogens is 297 g/mol. The topological polar surface area (TPSA) is 35.6 Å². The van der Waals surface area contributed by atoms with Crippen molar-refractivity contribution in [2.75, 3.05) is 39.8 Å². The molecular formula is C14H29Cl2N3O. The van der Waals surface area contributed by atoms with Crippen molar-refractivity contribution in [1.29, 1.82) is 0 Å². The summed E-state index contributed by atoms with van der Waals surface area (Å²) < 4.78 is 0. The molecule has 4 nitrogen and oxygen atoms in total. The van der Waals surface area contributed by atoms with Gasteiger partial charge in [-0.25, -0.2) is 0 Å². The van der Waals surface area contributed by atoms with Gasteiger partial charge < -0.3 is 10.2 Å². The summed E-state index contributed by atoms with van der Waals surface area (Å²) in [5.41, 5.74) is 0. The van der Waals surface area contributed by atoms with Crippen molar-refractivity contribution in [2.24, 2.45) is 5.92 Å². The Bertz CT molecular complexity index is 286. The van der Waals surface area contributed by atoms with Crippen molar-refractivity contribution >= 4 is 30.7 Å². The lowest BCUT2D eigenvalue weighted by Crippen LogP contribution is -2.50. The van der Waals surface area contributed by atoms with Crippen molar-refractivity contribution < 1.29 is 4.79 Å². The Labute approximate surface area is 135 Å². The second kappa shape index (κ2) is 9.82. The zero-order chi connectivity index (χ0) is 13.0. The molecule has 0 radical (unpaired) electrons. The van der Waals surface area contributed by atoms with Crippen molar-refractivity contribution in [3.05, 3.63) is 0 Å². The molecule has 0 aromatic carbocycles. The van der Waals surface area contributed by atoms with Crippen LogP contribution in [0.5, 0.6) is 0 Å². The SMILES string of the molecule is CNCC(C)C(=O)N1CCCC(N2CCCC2)C1.Cl.Cl. The molecule has 2 aliphatic heterocycles. The fourth-order valence-corrected chi connectivity index (χ4v) is 3.26. The minimum absolute atomic E-state index is 0. The molecule has 0 bridgehead atoms. The van der Waals surface area contributed by atoms with Gasteiger partial charge in [-0.2, -0.15) is 0 Å². The summed E-state index contributed by atoms with van der Waals surface area (Å²) in [6.07, 6.45) is 5.10. The first kappa shape index (κ1) is 20.0. The zero-order valence-corrected chi connectivity index (χ0v) is 14.3. The van der Waals surface area contributed by atoms with E-state index in [0.29, 0.717) is 11.9 Å². The highest BCUT2D eigenvalue weighted by Crippen LogP contribution is 2.21. The van der Waals surface area contributed by atoms with Gasteiger partial charge in [0, 0.05) is 31.6 Å². The summed E-state index contributed by atoms with van der Waals surface area (Å²) >= 11 is 0. The lowest BCUT2D eigenvalue weighted by molar-refractivity contribution is -0.136. The maximum absolute atomic E-state index is 12.3. The van der Waals surface area contributed by atoms with E-state index in [4.69, 9.17) is 0 Å². The first-order valence-corrected chi connectivity index (χ1v) is 7.40. The monoisotopic (exact) mass is 325 g/mol. The molecule has 0 aromatic heterocycles. The van der Waals surface area contributed by atoms with Crippen LogP contribution in [0.2, 0.25) is 0 Å². The Morgan fingerprint density at radius 2 is 1.85 bits per heavy atom. The average molecular weight is 326 g/mol. The summed E-state index contributed by atoms with van der Waals surface area (Å²) in [4.78, 5) is 17.0. The van der Waals surface area contributed by atoms with Crippen LogP contribution in [-0.4, -0.2) is 61.5 Å². The van der Waals surface area contributed by atoms with Gasteiger partial charge in [0.2, 0.25) is 5.91 Å². The molecule has 0 spiro atoms. The summed E-state index contributed by atoms with van der Waals surface area (Å²) in [5.74, 6) is 0.431. The average Bonchev–Trinajstić information content (AvgIpc) is 2.92. The largest absolute Gasteiger partial charge is 0.341 e. The third kappa shape index (κ3) is 5.06. The summed E-state index contributed by atoms with van der Waals surface area (Å²) in [7, 11) is 1.91. The van der Waals surface area contributed by atoms with Crippen LogP contribution < -0.4 is 5.32 Å². The van der Waals surface area contributed by atoms with Crippen LogP contribution in [0.4, 0.5) is 0 Å². The second-order valence-electron chi connectivity index (χ2n) is 5.78. The third-order valence-corrected chi connectivity index (χ3v) is 4.30. The second-order valence-corrected chi connectivity index (χ2v) is 5.78. The number of piperidine rings is 1. The van der Waals surface area contributed by atoms with E-state index in [9.17, 15) is 4.79 Å². The molecule has 2 unspecified atom stereocenters. The lowest BCUT2D eigenvalue weighted by Gasteiger charge is -2.38. The fraction of sp³-hybridized carbons (Fsp3) is 0.929. The number of hydrogen-bond donors (Lipinski definition) is 1. The van der Waals surface area contributed by atoms with Gasteiger partial charge in [0.05, 0.1) is 0 Å². The minimum atomic E-state index is 0. The van der Waals surface area contributed by atoms with Crippen LogP contribution in [0.3, 0.4) is 0 Å². The number of hydrogen-bond acceptors (Lipinski definition) is 3. The molecule has 2 atom stereocenters. The van der Waals surface area contributed by atoms with Gasteiger partial charge in [-0.15, -0.1) is 24.8 Å². The number of carbonyl (C=O) groups excluding carboxylic acids is 1. The highest BCUT2D eigenvalue weighted by atomic mass is 35.5. The third-order valence-electron chi connectivity index (χ3n) is 4.30. The van der Waals surface area contributed by atoms with Gasteiger partial charge >= 0.3 is 0 Å². The predicted molar refractivity (Wildman–Crippen MR) is 88.0 cm³/mol. The highest BCUT2D eigenvalue weighted by molar-refractivity contribution is 5.85. The smallest absolute Gasteiger partial charge is 0.226 e. The number of rotatable bonds is 4. The van der Waals surface area contributed by atoms with Crippen LogP contribution in [0.25, 0.3) is 0 Å². The molecule has 2 heterocycles. The molecule has 120 valence electrons. The first-order valence-electron chi connectivity index (χ1n) is 7.40. The van der Waals surface area contributed by atoms with E-state index in [0.717, 1.165) is 19.6 Å². The molecule has 0 aliphatic carbocycles.